The van der Waals surface area contributed by atoms with Gasteiger partial charge in [-0.2, -0.15) is 0 Å². The van der Waals surface area contributed by atoms with E-state index in [1.165, 1.54) is 0 Å². The minimum Gasteiger partial charge on any atom is -0.325 e. The van der Waals surface area contributed by atoms with E-state index in [9.17, 15) is 9.59 Å². The van der Waals surface area contributed by atoms with Crippen molar-refractivity contribution < 1.29 is 9.59 Å². The molecule has 0 aliphatic carbocycles. The first kappa shape index (κ1) is 11.4. The summed E-state index contributed by atoms with van der Waals surface area (Å²) in [4.78, 5) is 22.1. The molecule has 0 unspecified atom stereocenters. The van der Waals surface area contributed by atoms with Gasteiger partial charge >= 0.3 is 0 Å². The highest BCUT2D eigenvalue weighted by atomic mass is 16.1. The third-order valence-corrected chi connectivity index (χ3v) is 2.12. The van der Waals surface area contributed by atoms with Gasteiger partial charge in [-0.15, -0.1) is 0 Å². The maximum atomic E-state index is 11.4. The van der Waals surface area contributed by atoms with Crippen molar-refractivity contribution in [3.63, 3.8) is 0 Å². The molecule has 1 aromatic rings. The second kappa shape index (κ2) is 5.96. The van der Waals surface area contributed by atoms with Crippen LogP contribution >= 0.6 is 0 Å². The van der Waals surface area contributed by atoms with Gasteiger partial charge < -0.3 is 5.32 Å². The van der Waals surface area contributed by atoms with E-state index in [0.717, 1.165) is 19.1 Å². The number of hydrogen-bond acceptors (Lipinski definition) is 2. The van der Waals surface area contributed by atoms with E-state index in [1.807, 2.05) is 6.92 Å². The Kier molecular flexibility index (Phi) is 4.54. The minimum absolute atomic E-state index is 0.0360. The molecule has 0 aliphatic heterocycles. The summed E-state index contributed by atoms with van der Waals surface area (Å²) in [5.74, 6) is -0.0360. The average molecular weight is 205 g/mol. The molecule has 0 saturated carbocycles. The number of amides is 1. The van der Waals surface area contributed by atoms with Gasteiger partial charge in [-0.25, -0.2) is 0 Å². The molecule has 1 N–H and O–H groups in total. The van der Waals surface area contributed by atoms with Crippen molar-refractivity contribution in [3.05, 3.63) is 29.8 Å². The first-order valence-electron chi connectivity index (χ1n) is 5.12. The minimum atomic E-state index is -0.0360. The summed E-state index contributed by atoms with van der Waals surface area (Å²) in [6.45, 7) is 2.03. The molecule has 0 bridgehead atoms. The standard InChI is InChI=1S/C12H15NO2/c1-2-3-8-12(15)13-11-7-5-4-6-10(11)9-14/h4-7,9H,2-3,8H2,1H3,(H,13,15). The molecule has 0 spiro atoms. The van der Waals surface area contributed by atoms with Crippen molar-refractivity contribution in [3.8, 4) is 0 Å². The summed E-state index contributed by atoms with van der Waals surface area (Å²) in [5, 5.41) is 2.73. The molecule has 0 fully saturated rings. The molecule has 15 heavy (non-hydrogen) atoms. The second-order valence-electron chi connectivity index (χ2n) is 3.36. The van der Waals surface area contributed by atoms with Crippen LogP contribution in [-0.4, -0.2) is 12.2 Å². The van der Waals surface area contributed by atoms with Crippen molar-refractivity contribution in [1.29, 1.82) is 0 Å². The Bertz CT molecular complexity index is 347. The maximum Gasteiger partial charge on any atom is 0.224 e. The highest BCUT2D eigenvalue weighted by Crippen LogP contribution is 2.13. The van der Waals surface area contributed by atoms with Crippen LogP contribution in [0, 0.1) is 0 Å². The fraction of sp³-hybridized carbons (Fsp3) is 0.333. The number of unbranched alkanes of at least 4 members (excludes halogenated alkanes) is 1. The van der Waals surface area contributed by atoms with E-state index in [0.29, 0.717) is 17.7 Å². The zero-order valence-corrected chi connectivity index (χ0v) is 8.82. The Hall–Kier alpha value is -1.64. The zero-order chi connectivity index (χ0) is 11.1. The average Bonchev–Trinajstić information content (AvgIpc) is 2.27. The third kappa shape index (κ3) is 3.54. The number of para-hydroxylation sites is 1. The molecule has 0 saturated heterocycles. The van der Waals surface area contributed by atoms with Crippen LogP contribution in [0.15, 0.2) is 24.3 Å². The largest absolute Gasteiger partial charge is 0.325 e. The maximum absolute atomic E-state index is 11.4. The lowest BCUT2D eigenvalue weighted by molar-refractivity contribution is -0.116. The Morgan fingerprint density at radius 1 is 1.40 bits per heavy atom. The molecule has 1 rings (SSSR count). The smallest absolute Gasteiger partial charge is 0.224 e. The summed E-state index contributed by atoms with van der Waals surface area (Å²) in [5.41, 5.74) is 1.11. The van der Waals surface area contributed by atoms with Gasteiger partial charge in [0.05, 0.1) is 5.69 Å². The molecule has 0 aromatic heterocycles. The number of benzene rings is 1. The number of aldehydes is 1. The molecule has 1 amide bonds. The van der Waals surface area contributed by atoms with Crippen LogP contribution in [0.4, 0.5) is 5.69 Å². The first-order chi connectivity index (χ1) is 7.27. The zero-order valence-electron chi connectivity index (χ0n) is 8.82. The van der Waals surface area contributed by atoms with Gasteiger partial charge in [0.2, 0.25) is 5.91 Å². The lowest BCUT2D eigenvalue weighted by Crippen LogP contribution is -2.12. The van der Waals surface area contributed by atoms with E-state index in [4.69, 9.17) is 0 Å². The molecule has 0 radical (unpaired) electrons. The van der Waals surface area contributed by atoms with Crippen LogP contribution in [0.3, 0.4) is 0 Å². The highest BCUT2D eigenvalue weighted by molar-refractivity contribution is 5.96. The van der Waals surface area contributed by atoms with Crippen LogP contribution in [0.2, 0.25) is 0 Å². The highest BCUT2D eigenvalue weighted by Gasteiger charge is 2.04. The molecular formula is C12H15NO2. The van der Waals surface area contributed by atoms with Crippen LogP contribution in [-0.2, 0) is 4.79 Å². The lowest BCUT2D eigenvalue weighted by atomic mass is 10.2. The van der Waals surface area contributed by atoms with Crippen molar-refractivity contribution in [2.75, 3.05) is 5.32 Å². The van der Waals surface area contributed by atoms with Gasteiger partial charge in [0.25, 0.3) is 0 Å². The van der Waals surface area contributed by atoms with E-state index in [1.54, 1.807) is 24.3 Å². The van der Waals surface area contributed by atoms with Crippen LogP contribution in [0.5, 0.6) is 0 Å². The number of rotatable bonds is 5. The van der Waals surface area contributed by atoms with Crippen molar-refractivity contribution in [2.24, 2.45) is 0 Å². The molecule has 1 aromatic carbocycles. The summed E-state index contributed by atoms with van der Waals surface area (Å²) < 4.78 is 0. The molecule has 80 valence electrons. The second-order valence-corrected chi connectivity index (χ2v) is 3.36. The molecule has 3 nitrogen and oxygen atoms in total. The van der Waals surface area contributed by atoms with E-state index >= 15 is 0 Å². The van der Waals surface area contributed by atoms with Crippen molar-refractivity contribution in [2.45, 2.75) is 26.2 Å². The van der Waals surface area contributed by atoms with Gasteiger partial charge in [-0.1, -0.05) is 25.5 Å². The number of carbonyl (C=O) groups is 2. The van der Waals surface area contributed by atoms with Crippen molar-refractivity contribution >= 4 is 17.9 Å². The number of hydrogen-bond donors (Lipinski definition) is 1. The Morgan fingerprint density at radius 3 is 2.80 bits per heavy atom. The Morgan fingerprint density at radius 2 is 2.13 bits per heavy atom. The molecule has 3 heteroatoms. The Balaban J connectivity index is 2.63. The van der Waals surface area contributed by atoms with Gasteiger partial charge in [0.1, 0.15) is 0 Å². The normalized spacial score (nSPS) is 9.67. The van der Waals surface area contributed by atoms with Gasteiger partial charge in [0, 0.05) is 12.0 Å². The Labute approximate surface area is 89.5 Å². The van der Waals surface area contributed by atoms with Gasteiger partial charge in [-0.05, 0) is 18.6 Å². The number of anilines is 1. The molecule has 0 atom stereocenters. The molecule has 0 aliphatic rings. The summed E-state index contributed by atoms with van der Waals surface area (Å²) in [7, 11) is 0. The van der Waals surface area contributed by atoms with E-state index < -0.39 is 0 Å². The monoisotopic (exact) mass is 205 g/mol. The van der Waals surface area contributed by atoms with E-state index in [2.05, 4.69) is 5.32 Å². The molecular weight excluding hydrogens is 190 g/mol. The van der Waals surface area contributed by atoms with Crippen molar-refractivity contribution in [1.82, 2.24) is 0 Å². The fourth-order valence-electron chi connectivity index (χ4n) is 1.26. The first-order valence-corrected chi connectivity index (χ1v) is 5.12. The predicted octanol–water partition coefficient (Wildman–Crippen LogP) is 2.63. The summed E-state index contributed by atoms with van der Waals surface area (Å²) >= 11 is 0. The lowest BCUT2D eigenvalue weighted by Gasteiger charge is -2.06. The number of nitrogens with one attached hydrogen (secondary N) is 1. The SMILES string of the molecule is CCCCC(=O)Nc1ccccc1C=O. The van der Waals surface area contributed by atoms with Gasteiger partial charge in [0.15, 0.2) is 6.29 Å². The third-order valence-electron chi connectivity index (χ3n) is 2.12. The van der Waals surface area contributed by atoms with Crippen LogP contribution in [0.1, 0.15) is 36.5 Å². The summed E-state index contributed by atoms with van der Waals surface area (Å²) in [6.07, 6.45) is 3.11. The fourth-order valence-corrected chi connectivity index (χ4v) is 1.26. The quantitative estimate of drug-likeness (QED) is 0.751. The topological polar surface area (TPSA) is 46.2 Å². The van der Waals surface area contributed by atoms with E-state index in [-0.39, 0.29) is 5.91 Å². The number of carbonyl (C=O) groups excluding carboxylic acids is 2. The predicted molar refractivity (Wildman–Crippen MR) is 60.0 cm³/mol. The van der Waals surface area contributed by atoms with Crippen LogP contribution in [0.25, 0.3) is 0 Å². The van der Waals surface area contributed by atoms with Crippen LogP contribution < -0.4 is 5.32 Å². The van der Waals surface area contributed by atoms with Gasteiger partial charge in [-0.3, -0.25) is 9.59 Å². The summed E-state index contributed by atoms with van der Waals surface area (Å²) in [6, 6.07) is 6.98. The molecule has 0 heterocycles.